The highest BCUT2D eigenvalue weighted by Gasteiger charge is 1.95. The van der Waals surface area contributed by atoms with Crippen LogP contribution in [0.5, 0.6) is 0 Å². The van der Waals surface area contributed by atoms with E-state index in [0.717, 1.165) is 10.8 Å². The Kier molecular flexibility index (Phi) is 0.843. The van der Waals surface area contributed by atoms with Crippen LogP contribution in [0.3, 0.4) is 0 Å². The van der Waals surface area contributed by atoms with Crippen molar-refractivity contribution in [2.24, 2.45) is 0 Å². The van der Waals surface area contributed by atoms with Crippen molar-refractivity contribution >= 4 is 18.4 Å². The summed E-state index contributed by atoms with van der Waals surface area (Å²) in [7, 11) is 0. The van der Waals surface area contributed by atoms with Gasteiger partial charge in [0.05, 0.1) is 11.2 Å². The molecule has 2 aromatic heterocycles. The predicted molar refractivity (Wildman–Crippen MR) is 36.8 cm³/mol. The number of imidazole rings is 2. The number of hydrogen-bond donors (Lipinski definition) is 2. The molecule has 0 amide bonds. The third kappa shape index (κ3) is 0.564. The minimum Gasteiger partial charge on any atom is -0.330 e. The molecule has 0 bridgehead atoms. The number of hydrogen-bond acceptors (Lipinski definition) is 2. The van der Waals surface area contributed by atoms with E-state index in [9.17, 15) is 0 Å². The van der Waals surface area contributed by atoms with E-state index in [0.29, 0.717) is 0 Å². The maximum Gasteiger partial charge on any atom is 0.212 e. The monoisotopic (exact) mass is 139 g/mol. The molecule has 0 fully saturated rings. The topological polar surface area (TPSA) is 33.1 Å². The summed E-state index contributed by atoms with van der Waals surface area (Å²) in [6, 6.07) is 0. The van der Waals surface area contributed by atoms with Crippen LogP contribution < -0.4 is 0 Å². The van der Waals surface area contributed by atoms with Crippen molar-refractivity contribution in [2.45, 2.75) is 5.03 Å². The van der Waals surface area contributed by atoms with Gasteiger partial charge in [-0.15, -0.1) is 12.6 Å². The average Bonchev–Trinajstić information content (AvgIpc) is 2.35. The van der Waals surface area contributed by atoms with Crippen LogP contribution in [0.15, 0.2) is 23.6 Å². The number of aromatic nitrogens is 3. The quantitative estimate of drug-likeness (QED) is 0.523. The fourth-order valence-corrected chi connectivity index (χ4v) is 1.01. The zero-order valence-electron chi connectivity index (χ0n) is 4.57. The molecule has 3 nitrogen and oxygen atoms in total. The van der Waals surface area contributed by atoms with Gasteiger partial charge in [-0.2, -0.15) is 0 Å². The third-order valence-electron chi connectivity index (χ3n) is 1.21. The van der Waals surface area contributed by atoms with Gasteiger partial charge >= 0.3 is 0 Å². The molecule has 0 aliphatic rings. The Morgan fingerprint density at radius 1 is 1.67 bits per heavy atom. The minimum absolute atomic E-state index is 0.833. The fraction of sp³-hybridized carbons (Fsp3) is 0. The van der Waals surface area contributed by atoms with Crippen LogP contribution in [-0.4, -0.2) is 14.4 Å². The van der Waals surface area contributed by atoms with Gasteiger partial charge in [0.2, 0.25) is 5.78 Å². The highest BCUT2D eigenvalue weighted by Crippen LogP contribution is 2.06. The van der Waals surface area contributed by atoms with E-state index in [1.807, 2.05) is 16.8 Å². The second-order valence-electron chi connectivity index (χ2n) is 1.77. The van der Waals surface area contributed by atoms with Gasteiger partial charge < -0.3 is 4.98 Å². The smallest absolute Gasteiger partial charge is 0.212 e. The molecule has 0 aromatic carbocycles. The highest BCUT2D eigenvalue weighted by atomic mass is 32.1. The van der Waals surface area contributed by atoms with Gasteiger partial charge in [0, 0.05) is 12.4 Å². The van der Waals surface area contributed by atoms with Gasteiger partial charge in [-0.1, -0.05) is 0 Å². The number of fused-ring (bicyclic) bond motifs is 1. The normalized spacial score (nSPS) is 10.8. The van der Waals surface area contributed by atoms with Crippen LogP contribution >= 0.6 is 12.6 Å². The number of aromatic amines is 1. The maximum absolute atomic E-state index is 4.15. The molecule has 2 aromatic rings. The summed E-state index contributed by atoms with van der Waals surface area (Å²) >= 11 is 4.15. The van der Waals surface area contributed by atoms with Crippen molar-refractivity contribution in [1.29, 1.82) is 0 Å². The Balaban J connectivity index is 2.99. The van der Waals surface area contributed by atoms with Gasteiger partial charge in [-0.05, 0) is 0 Å². The van der Waals surface area contributed by atoms with E-state index in [2.05, 4.69) is 22.6 Å². The van der Waals surface area contributed by atoms with E-state index in [1.165, 1.54) is 0 Å². The lowest BCUT2D eigenvalue weighted by molar-refractivity contribution is 1.07. The summed E-state index contributed by atoms with van der Waals surface area (Å²) in [5.74, 6) is 0.833. The van der Waals surface area contributed by atoms with Crippen LogP contribution in [-0.2, 0) is 0 Å². The first-order valence-electron chi connectivity index (χ1n) is 2.57. The molecule has 0 spiro atoms. The molecule has 0 saturated heterocycles. The SMILES string of the molecule is Sc1cnc2[nH]ccn12. The molecule has 0 aliphatic carbocycles. The largest absolute Gasteiger partial charge is 0.330 e. The number of nitrogens with zero attached hydrogens (tertiary/aromatic N) is 2. The lowest BCUT2D eigenvalue weighted by Crippen LogP contribution is -1.74. The van der Waals surface area contributed by atoms with Crippen molar-refractivity contribution in [3.05, 3.63) is 18.6 Å². The summed E-state index contributed by atoms with van der Waals surface area (Å²) < 4.78 is 1.86. The molecule has 46 valence electrons. The second kappa shape index (κ2) is 1.54. The van der Waals surface area contributed by atoms with Crippen molar-refractivity contribution in [3.63, 3.8) is 0 Å². The van der Waals surface area contributed by atoms with Gasteiger partial charge in [0.15, 0.2) is 0 Å². The van der Waals surface area contributed by atoms with Gasteiger partial charge in [-0.25, -0.2) is 4.98 Å². The summed E-state index contributed by atoms with van der Waals surface area (Å²) in [4.78, 5) is 6.95. The summed E-state index contributed by atoms with van der Waals surface area (Å²) in [6.07, 6.45) is 5.40. The van der Waals surface area contributed by atoms with Gasteiger partial charge in [-0.3, -0.25) is 4.40 Å². The van der Waals surface area contributed by atoms with Crippen molar-refractivity contribution < 1.29 is 0 Å². The number of rotatable bonds is 0. The Morgan fingerprint density at radius 3 is 3.33 bits per heavy atom. The van der Waals surface area contributed by atoms with Crippen LogP contribution in [0, 0.1) is 0 Å². The van der Waals surface area contributed by atoms with E-state index in [-0.39, 0.29) is 0 Å². The Bertz CT molecular complexity index is 321. The van der Waals surface area contributed by atoms with Crippen LogP contribution in [0.1, 0.15) is 0 Å². The first-order valence-corrected chi connectivity index (χ1v) is 3.02. The summed E-state index contributed by atoms with van der Waals surface area (Å²) in [6.45, 7) is 0. The van der Waals surface area contributed by atoms with E-state index >= 15 is 0 Å². The molecule has 9 heavy (non-hydrogen) atoms. The molecule has 0 aliphatic heterocycles. The molecular formula is C5H5N3S. The zero-order chi connectivity index (χ0) is 6.27. The van der Waals surface area contributed by atoms with E-state index in [1.54, 1.807) is 6.20 Å². The third-order valence-corrected chi connectivity index (χ3v) is 1.54. The molecule has 0 atom stereocenters. The Morgan fingerprint density at radius 2 is 2.56 bits per heavy atom. The summed E-state index contributed by atoms with van der Waals surface area (Å²) in [5, 5.41) is 0.853. The average molecular weight is 139 g/mol. The van der Waals surface area contributed by atoms with Crippen LogP contribution in [0.2, 0.25) is 0 Å². The highest BCUT2D eigenvalue weighted by molar-refractivity contribution is 7.80. The minimum atomic E-state index is 0.833. The molecule has 0 saturated carbocycles. The van der Waals surface area contributed by atoms with Gasteiger partial charge in [0.1, 0.15) is 0 Å². The molecular weight excluding hydrogens is 134 g/mol. The van der Waals surface area contributed by atoms with Crippen LogP contribution in [0.4, 0.5) is 0 Å². The summed E-state index contributed by atoms with van der Waals surface area (Å²) in [5.41, 5.74) is 0. The predicted octanol–water partition coefficient (Wildman–Crippen LogP) is 0.951. The first-order chi connectivity index (χ1) is 4.38. The number of thiol groups is 1. The van der Waals surface area contributed by atoms with E-state index < -0.39 is 0 Å². The Labute approximate surface area is 57.1 Å². The van der Waals surface area contributed by atoms with Crippen molar-refractivity contribution in [2.75, 3.05) is 0 Å². The lowest BCUT2D eigenvalue weighted by atomic mass is 10.9. The van der Waals surface area contributed by atoms with Gasteiger partial charge in [0.25, 0.3) is 0 Å². The first kappa shape index (κ1) is 4.93. The second-order valence-corrected chi connectivity index (χ2v) is 2.23. The molecule has 1 N–H and O–H groups in total. The standard InChI is InChI=1S/C5H5N3S/c9-4-3-7-5-6-1-2-8(4)5/h1-3,9H,(H,6,7). The Hall–Kier alpha value is -0.900. The lowest BCUT2D eigenvalue weighted by Gasteiger charge is -1.80. The molecule has 0 unspecified atom stereocenters. The van der Waals surface area contributed by atoms with E-state index in [4.69, 9.17) is 0 Å². The maximum atomic E-state index is 4.15. The molecule has 0 radical (unpaired) electrons. The van der Waals surface area contributed by atoms with Crippen molar-refractivity contribution in [3.8, 4) is 0 Å². The zero-order valence-corrected chi connectivity index (χ0v) is 5.47. The van der Waals surface area contributed by atoms with Crippen LogP contribution in [0.25, 0.3) is 5.78 Å². The molecule has 2 heterocycles. The van der Waals surface area contributed by atoms with Crippen molar-refractivity contribution in [1.82, 2.24) is 14.4 Å². The fourth-order valence-electron chi connectivity index (χ4n) is 0.792. The number of H-pyrrole nitrogens is 1. The molecule has 4 heteroatoms. The molecule has 2 rings (SSSR count). The number of nitrogens with one attached hydrogen (secondary N) is 1.